The number of fused-ring (bicyclic) bond motifs is 2. The largest absolute Gasteiger partial charge is 0.358 e. The number of benzene rings is 1. The standard InChI is InChI=1S/C17H16N4OS/c1-11-14(13-4-2-3-5-15(13)19-11)8-16(22)18-9-12-10-21-6-7-23-17(21)20-12/h2-7,10,19H,8-9H2,1H3,(H,18,22). The number of carbonyl (C=O) groups is 1. The van der Waals surface area contributed by atoms with E-state index in [1.54, 1.807) is 11.3 Å². The van der Waals surface area contributed by atoms with Crippen molar-refractivity contribution < 1.29 is 4.79 Å². The summed E-state index contributed by atoms with van der Waals surface area (Å²) in [5.41, 5.74) is 4.05. The molecular weight excluding hydrogens is 308 g/mol. The van der Waals surface area contributed by atoms with Crippen LogP contribution in [0.3, 0.4) is 0 Å². The first-order valence-electron chi connectivity index (χ1n) is 7.44. The Morgan fingerprint density at radius 2 is 2.26 bits per heavy atom. The third-order valence-corrected chi connectivity index (χ3v) is 4.74. The van der Waals surface area contributed by atoms with E-state index in [1.807, 2.05) is 53.4 Å². The zero-order valence-corrected chi connectivity index (χ0v) is 13.5. The van der Waals surface area contributed by atoms with Crippen molar-refractivity contribution in [1.29, 1.82) is 0 Å². The van der Waals surface area contributed by atoms with Crippen LogP contribution in [-0.2, 0) is 17.8 Å². The second kappa shape index (κ2) is 5.55. The van der Waals surface area contributed by atoms with Crippen molar-refractivity contribution >= 4 is 33.1 Å². The van der Waals surface area contributed by atoms with Gasteiger partial charge in [0.15, 0.2) is 4.96 Å². The molecule has 0 aliphatic carbocycles. The Balaban J connectivity index is 1.46. The van der Waals surface area contributed by atoms with Gasteiger partial charge >= 0.3 is 0 Å². The number of nitrogens with one attached hydrogen (secondary N) is 2. The Hall–Kier alpha value is -2.60. The van der Waals surface area contributed by atoms with Gasteiger partial charge in [-0.25, -0.2) is 4.98 Å². The van der Waals surface area contributed by atoms with E-state index < -0.39 is 0 Å². The van der Waals surface area contributed by atoms with Crippen molar-refractivity contribution in [2.75, 3.05) is 0 Å². The highest BCUT2D eigenvalue weighted by Gasteiger charge is 2.12. The molecule has 0 aliphatic rings. The number of H-pyrrole nitrogens is 1. The topological polar surface area (TPSA) is 62.2 Å². The van der Waals surface area contributed by atoms with Gasteiger partial charge < -0.3 is 10.3 Å². The average Bonchev–Trinajstić information content (AvgIpc) is 3.19. The van der Waals surface area contributed by atoms with E-state index >= 15 is 0 Å². The lowest BCUT2D eigenvalue weighted by molar-refractivity contribution is -0.120. The molecule has 0 aliphatic heterocycles. The molecule has 6 heteroatoms. The molecule has 0 unspecified atom stereocenters. The van der Waals surface area contributed by atoms with Crippen LogP contribution in [0.4, 0.5) is 0 Å². The van der Waals surface area contributed by atoms with E-state index in [-0.39, 0.29) is 5.91 Å². The summed E-state index contributed by atoms with van der Waals surface area (Å²) >= 11 is 1.58. The quantitative estimate of drug-likeness (QED) is 0.606. The first-order chi connectivity index (χ1) is 11.2. The average molecular weight is 324 g/mol. The molecule has 23 heavy (non-hydrogen) atoms. The van der Waals surface area contributed by atoms with Gasteiger partial charge in [0.2, 0.25) is 5.91 Å². The van der Waals surface area contributed by atoms with Gasteiger partial charge in [0.1, 0.15) is 0 Å². The molecule has 3 heterocycles. The van der Waals surface area contributed by atoms with Gasteiger partial charge in [0, 0.05) is 34.4 Å². The van der Waals surface area contributed by atoms with Crippen LogP contribution in [0.1, 0.15) is 17.0 Å². The first kappa shape index (κ1) is 14.0. The fraction of sp³-hybridized carbons (Fsp3) is 0.176. The van der Waals surface area contributed by atoms with Crippen LogP contribution >= 0.6 is 11.3 Å². The molecule has 4 rings (SSSR count). The second-order valence-corrected chi connectivity index (χ2v) is 6.43. The van der Waals surface area contributed by atoms with Gasteiger partial charge in [-0.05, 0) is 18.6 Å². The van der Waals surface area contributed by atoms with Gasteiger partial charge in [0.25, 0.3) is 0 Å². The number of hydrogen-bond donors (Lipinski definition) is 2. The SMILES string of the molecule is Cc1[nH]c2ccccc2c1CC(=O)NCc1cn2ccsc2n1. The van der Waals surface area contributed by atoms with Crippen LogP contribution in [0.2, 0.25) is 0 Å². The van der Waals surface area contributed by atoms with Crippen LogP contribution < -0.4 is 5.32 Å². The Morgan fingerprint density at radius 3 is 3.13 bits per heavy atom. The summed E-state index contributed by atoms with van der Waals surface area (Å²) in [6.07, 6.45) is 4.29. The van der Waals surface area contributed by atoms with Gasteiger partial charge in [-0.1, -0.05) is 18.2 Å². The minimum Gasteiger partial charge on any atom is -0.358 e. The normalized spacial score (nSPS) is 11.3. The third kappa shape index (κ3) is 2.61. The minimum absolute atomic E-state index is 0.00853. The number of para-hydroxylation sites is 1. The number of thiazole rings is 1. The lowest BCUT2D eigenvalue weighted by Crippen LogP contribution is -2.24. The summed E-state index contributed by atoms with van der Waals surface area (Å²) in [5.74, 6) is 0.00853. The highest BCUT2D eigenvalue weighted by molar-refractivity contribution is 7.15. The van der Waals surface area contributed by atoms with Crippen molar-refractivity contribution in [3.63, 3.8) is 0 Å². The van der Waals surface area contributed by atoms with Crippen LogP contribution in [-0.4, -0.2) is 20.3 Å². The van der Waals surface area contributed by atoms with Crippen LogP contribution in [0.5, 0.6) is 0 Å². The maximum absolute atomic E-state index is 12.3. The molecule has 4 aromatic rings. The molecule has 0 bridgehead atoms. The molecule has 116 valence electrons. The number of imidazole rings is 1. The van der Waals surface area contributed by atoms with Gasteiger partial charge in [-0.15, -0.1) is 11.3 Å². The fourth-order valence-corrected chi connectivity index (χ4v) is 3.55. The molecule has 0 fully saturated rings. The van der Waals surface area contributed by atoms with E-state index in [0.29, 0.717) is 13.0 Å². The Bertz CT molecular complexity index is 966. The number of aromatic nitrogens is 3. The van der Waals surface area contributed by atoms with E-state index in [2.05, 4.69) is 15.3 Å². The Kier molecular flexibility index (Phi) is 3.38. The number of aromatic amines is 1. The van der Waals surface area contributed by atoms with Crippen molar-refractivity contribution in [1.82, 2.24) is 19.7 Å². The summed E-state index contributed by atoms with van der Waals surface area (Å²) in [4.78, 5) is 21.0. The van der Waals surface area contributed by atoms with Gasteiger partial charge in [-0.3, -0.25) is 9.20 Å². The predicted molar refractivity (Wildman–Crippen MR) is 91.7 cm³/mol. The predicted octanol–water partition coefficient (Wildman–Crippen LogP) is 3.04. The number of nitrogens with zero attached hydrogens (tertiary/aromatic N) is 2. The van der Waals surface area contributed by atoms with Gasteiger partial charge in [-0.2, -0.15) is 0 Å². The molecule has 0 radical (unpaired) electrons. The summed E-state index contributed by atoms with van der Waals surface area (Å²) in [6.45, 7) is 2.46. The lowest BCUT2D eigenvalue weighted by atomic mass is 10.1. The first-order valence-corrected chi connectivity index (χ1v) is 8.32. The number of hydrogen-bond acceptors (Lipinski definition) is 3. The summed E-state index contributed by atoms with van der Waals surface area (Å²) in [5, 5.41) is 6.06. The molecular formula is C17H16N4OS. The van der Waals surface area contributed by atoms with Crippen LogP contribution in [0.25, 0.3) is 15.9 Å². The van der Waals surface area contributed by atoms with Crippen molar-refractivity contribution in [2.24, 2.45) is 0 Å². The number of carbonyl (C=O) groups excluding carboxylic acids is 1. The fourth-order valence-electron chi connectivity index (χ4n) is 2.84. The molecule has 0 spiro atoms. The maximum Gasteiger partial charge on any atom is 0.224 e. The summed E-state index contributed by atoms with van der Waals surface area (Å²) < 4.78 is 1.97. The van der Waals surface area contributed by atoms with E-state index in [4.69, 9.17) is 0 Å². The van der Waals surface area contributed by atoms with E-state index in [1.165, 1.54) is 0 Å². The monoisotopic (exact) mass is 324 g/mol. The van der Waals surface area contributed by atoms with E-state index in [9.17, 15) is 4.79 Å². The van der Waals surface area contributed by atoms with Crippen molar-refractivity contribution in [3.8, 4) is 0 Å². The van der Waals surface area contributed by atoms with Gasteiger partial charge in [0.05, 0.1) is 18.7 Å². The smallest absolute Gasteiger partial charge is 0.224 e. The molecule has 2 N–H and O–H groups in total. The van der Waals surface area contributed by atoms with Crippen LogP contribution in [0, 0.1) is 6.92 Å². The molecule has 3 aromatic heterocycles. The second-order valence-electron chi connectivity index (χ2n) is 5.55. The van der Waals surface area contributed by atoms with Crippen LogP contribution in [0.15, 0.2) is 42.0 Å². The number of rotatable bonds is 4. The molecule has 5 nitrogen and oxygen atoms in total. The van der Waals surface area contributed by atoms with Crippen molar-refractivity contribution in [3.05, 3.63) is 59.0 Å². The Morgan fingerprint density at radius 1 is 1.39 bits per heavy atom. The molecule has 0 saturated heterocycles. The number of aryl methyl sites for hydroxylation is 1. The molecule has 1 aromatic carbocycles. The minimum atomic E-state index is 0.00853. The highest BCUT2D eigenvalue weighted by atomic mass is 32.1. The lowest BCUT2D eigenvalue weighted by Gasteiger charge is -2.04. The Labute approximate surface area is 137 Å². The maximum atomic E-state index is 12.3. The van der Waals surface area contributed by atoms with E-state index in [0.717, 1.165) is 32.8 Å². The summed E-state index contributed by atoms with van der Waals surface area (Å²) in [7, 11) is 0. The molecule has 0 saturated carbocycles. The molecule has 1 amide bonds. The zero-order valence-electron chi connectivity index (χ0n) is 12.7. The third-order valence-electron chi connectivity index (χ3n) is 3.97. The highest BCUT2D eigenvalue weighted by Crippen LogP contribution is 2.22. The molecule has 0 atom stereocenters. The van der Waals surface area contributed by atoms with Crippen molar-refractivity contribution in [2.45, 2.75) is 19.9 Å². The zero-order chi connectivity index (χ0) is 15.8. The summed E-state index contributed by atoms with van der Waals surface area (Å²) in [6, 6.07) is 8.06. The number of amides is 1.